The van der Waals surface area contributed by atoms with Crippen LogP contribution in [0, 0.1) is 5.92 Å². The highest BCUT2D eigenvalue weighted by Gasteiger charge is 2.35. The second-order valence-electron chi connectivity index (χ2n) is 7.51. The van der Waals surface area contributed by atoms with Crippen molar-refractivity contribution in [3.8, 4) is 0 Å². The average Bonchev–Trinajstić information content (AvgIpc) is 3.06. The van der Waals surface area contributed by atoms with Gasteiger partial charge in [0.2, 0.25) is 11.8 Å². The van der Waals surface area contributed by atoms with Gasteiger partial charge in [0, 0.05) is 46.3 Å². The minimum atomic E-state index is -4.44. The van der Waals surface area contributed by atoms with Crippen LogP contribution in [0.4, 0.5) is 19.0 Å². The van der Waals surface area contributed by atoms with Crippen LogP contribution in [-0.2, 0) is 28.9 Å². The number of amides is 2. The monoisotopic (exact) mass is 420 g/mol. The zero-order valence-electron chi connectivity index (χ0n) is 16.7. The minimum Gasteiger partial charge on any atom is -0.363 e. The van der Waals surface area contributed by atoms with Gasteiger partial charge in [-0.1, -0.05) is 12.1 Å². The van der Waals surface area contributed by atoms with Gasteiger partial charge >= 0.3 is 6.18 Å². The van der Waals surface area contributed by atoms with Crippen molar-refractivity contribution in [2.75, 3.05) is 25.5 Å². The van der Waals surface area contributed by atoms with Gasteiger partial charge in [-0.25, -0.2) is 4.98 Å². The first-order valence-electron chi connectivity index (χ1n) is 9.47. The Bertz CT molecular complexity index is 930. The molecule has 0 spiro atoms. The van der Waals surface area contributed by atoms with E-state index in [1.54, 1.807) is 18.3 Å². The summed E-state index contributed by atoms with van der Waals surface area (Å²) in [6, 6.07) is 8.55. The van der Waals surface area contributed by atoms with E-state index in [2.05, 4.69) is 10.3 Å². The Balaban J connectivity index is 1.57. The van der Waals surface area contributed by atoms with Gasteiger partial charge < -0.3 is 15.1 Å². The van der Waals surface area contributed by atoms with E-state index >= 15 is 0 Å². The Kier molecular flexibility index (Phi) is 6.28. The van der Waals surface area contributed by atoms with E-state index in [9.17, 15) is 22.8 Å². The molecular formula is C21H23F3N4O2. The molecule has 1 aromatic heterocycles. The smallest absolute Gasteiger partial charge is 0.363 e. The van der Waals surface area contributed by atoms with Crippen molar-refractivity contribution in [3.63, 3.8) is 0 Å². The van der Waals surface area contributed by atoms with Gasteiger partial charge in [-0.3, -0.25) is 9.59 Å². The van der Waals surface area contributed by atoms with Gasteiger partial charge in [-0.2, -0.15) is 13.2 Å². The summed E-state index contributed by atoms with van der Waals surface area (Å²) in [7, 11) is 3.74. The summed E-state index contributed by atoms with van der Waals surface area (Å²) >= 11 is 0. The molecule has 3 rings (SSSR count). The van der Waals surface area contributed by atoms with Crippen molar-refractivity contribution in [1.82, 2.24) is 15.2 Å². The molecule has 9 heteroatoms. The van der Waals surface area contributed by atoms with Gasteiger partial charge in [0.25, 0.3) is 0 Å². The molecule has 1 unspecified atom stereocenters. The Morgan fingerprint density at radius 3 is 2.70 bits per heavy atom. The summed E-state index contributed by atoms with van der Waals surface area (Å²) in [6.45, 7) is 0.532. The number of halogens is 3. The van der Waals surface area contributed by atoms with Crippen LogP contribution in [0.3, 0.4) is 0 Å². The zero-order valence-corrected chi connectivity index (χ0v) is 16.7. The number of benzene rings is 1. The fraction of sp³-hybridized carbons (Fsp3) is 0.381. The largest absolute Gasteiger partial charge is 0.416 e. The molecule has 0 radical (unpaired) electrons. The summed E-state index contributed by atoms with van der Waals surface area (Å²) in [5.74, 6) is -0.256. The third kappa shape index (κ3) is 5.28. The number of hydrogen-bond acceptors (Lipinski definition) is 4. The minimum absolute atomic E-state index is 0.0447. The predicted octanol–water partition coefficient (Wildman–Crippen LogP) is 2.83. The van der Waals surface area contributed by atoms with Crippen LogP contribution in [0.25, 0.3) is 0 Å². The van der Waals surface area contributed by atoms with Crippen LogP contribution in [0.5, 0.6) is 0 Å². The second-order valence-corrected chi connectivity index (χ2v) is 7.51. The van der Waals surface area contributed by atoms with E-state index in [-0.39, 0.29) is 31.3 Å². The molecule has 6 nitrogen and oxygen atoms in total. The first-order chi connectivity index (χ1) is 14.1. The van der Waals surface area contributed by atoms with Gasteiger partial charge in [-0.15, -0.1) is 0 Å². The lowest BCUT2D eigenvalue weighted by Gasteiger charge is -2.18. The first-order valence-corrected chi connectivity index (χ1v) is 9.47. The van der Waals surface area contributed by atoms with Crippen LogP contribution < -0.4 is 10.2 Å². The van der Waals surface area contributed by atoms with Crippen LogP contribution >= 0.6 is 0 Å². The standard InChI is InChI=1S/C21H23F3N4O2/c1-27(2)18-9-14(6-7-25-18)11-26-20(30)16-10-19(29)28(13-16)12-15-4-3-5-17(8-15)21(22,23)24/h3-9,16H,10-13H2,1-2H3,(H,26,30). The molecule has 1 atom stereocenters. The summed E-state index contributed by atoms with van der Waals surface area (Å²) in [4.78, 5) is 32.3. The quantitative estimate of drug-likeness (QED) is 0.781. The number of alkyl halides is 3. The highest BCUT2D eigenvalue weighted by atomic mass is 19.4. The van der Waals surface area contributed by atoms with E-state index in [4.69, 9.17) is 0 Å². The first kappa shape index (κ1) is 21.6. The number of hydrogen-bond donors (Lipinski definition) is 1. The predicted molar refractivity (Wildman–Crippen MR) is 105 cm³/mol. The maximum atomic E-state index is 12.9. The SMILES string of the molecule is CN(C)c1cc(CNC(=O)C2CC(=O)N(Cc3cccc(C(F)(F)F)c3)C2)ccn1. The normalized spacial score (nSPS) is 16.6. The molecule has 0 aliphatic carbocycles. The summed E-state index contributed by atoms with van der Waals surface area (Å²) in [5.41, 5.74) is 0.509. The number of rotatable bonds is 6. The molecule has 1 saturated heterocycles. The number of anilines is 1. The lowest BCUT2D eigenvalue weighted by Crippen LogP contribution is -2.32. The third-order valence-electron chi connectivity index (χ3n) is 4.95. The summed E-state index contributed by atoms with van der Waals surface area (Å²) in [5, 5.41) is 2.83. The van der Waals surface area contributed by atoms with Crippen molar-refractivity contribution in [3.05, 3.63) is 59.3 Å². The van der Waals surface area contributed by atoms with Crippen molar-refractivity contribution in [1.29, 1.82) is 0 Å². The fourth-order valence-corrected chi connectivity index (χ4v) is 3.32. The molecule has 2 aromatic rings. The topological polar surface area (TPSA) is 65.5 Å². The lowest BCUT2D eigenvalue weighted by molar-refractivity contribution is -0.137. The van der Waals surface area contributed by atoms with Crippen molar-refractivity contribution in [2.24, 2.45) is 5.92 Å². The summed E-state index contributed by atoms with van der Waals surface area (Å²) in [6.07, 6.45) is -2.73. The number of pyridine rings is 1. The van der Waals surface area contributed by atoms with Crippen molar-refractivity contribution >= 4 is 17.6 Å². The van der Waals surface area contributed by atoms with E-state index in [1.807, 2.05) is 25.1 Å². The molecule has 0 saturated carbocycles. The molecule has 2 amide bonds. The Hall–Kier alpha value is -3.10. The Labute approximate surface area is 172 Å². The number of aromatic nitrogens is 1. The number of likely N-dealkylation sites (tertiary alicyclic amines) is 1. The molecule has 1 N–H and O–H groups in total. The van der Waals surface area contributed by atoms with Gasteiger partial charge in [0.1, 0.15) is 5.82 Å². The molecular weight excluding hydrogens is 397 g/mol. The molecule has 160 valence electrons. The number of carbonyl (C=O) groups is 2. The van der Waals surface area contributed by atoms with Gasteiger partial charge in [0.15, 0.2) is 0 Å². The maximum absolute atomic E-state index is 12.9. The molecule has 1 aliphatic rings. The molecule has 1 aliphatic heterocycles. The van der Waals surface area contributed by atoms with Gasteiger partial charge in [0.05, 0.1) is 11.5 Å². The Morgan fingerprint density at radius 1 is 1.23 bits per heavy atom. The zero-order chi connectivity index (χ0) is 21.9. The Morgan fingerprint density at radius 2 is 2.00 bits per heavy atom. The molecule has 0 bridgehead atoms. The van der Waals surface area contributed by atoms with Gasteiger partial charge in [-0.05, 0) is 35.4 Å². The molecule has 1 aromatic carbocycles. The molecule has 1 fully saturated rings. The van der Waals surface area contributed by atoms with Crippen LogP contribution in [0.1, 0.15) is 23.1 Å². The van der Waals surface area contributed by atoms with Crippen molar-refractivity contribution in [2.45, 2.75) is 25.7 Å². The number of nitrogens with zero attached hydrogens (tertiary/aromatic N) is 3. The fourth-order valence-electron chi connectivity index (χ4n) is 3.32. The van der Waals surface area contributed by atoms with E-state index in [1.165, 1.54) is 11.0 Å². The molecule has 2 heterocycles. The van der Waals surface area contributed by atoms with E-state index < -0.39 is 17.7 Å². The van der Waals surface area contributed by atoms with E-state index in [0.717, 1.165) is 23.5 Å². The van der Waals surface area contributed by atoms with Crippen molar-refractivity contribution < 1.29 is 22.8 Å². The average molecular weight is 420 g/mol. The number of carbonyl (C=O) groups excluding carboxylic acids is 2. The lowest BCUT2D eigenvalue weighted by atomic mass is 10.1. The highest BCUT2D eigenvalue weighted by molar-refractivity contribution is 5.89. The third-order valence-corrected chi connectivity index (χ3v) is 4.95. The number of nitrogens with one attached hydrogen (secondary N) is 1. The second kappa shape index (κ2) is 8.73. The van der Waals surface area contributed by atoms with Crippen LogP contribution in [0.2, 0.25) is 0 Å². The maximum Gasteiger partial charge on any atom is 0.416 e. The summed E-state index contributed by atoms with van der Waals surface area (Å²) < 4.78 is 38.6. The molecule has 30 heavy (non-hydrogen) atoms. The van der Waals surface area contributed by atoms with Crippen LogP contribution in [0.15, 0.2) is 42.6 Å². The van der Waals surface area contributed by atoms with Crippen LogP contribution in [-0.4, -0.2) is 42.3 Å². The highest BCUT2D eigenvalue weighted by Crippen LogP contribution is 2.30. The van der Waals surface area contributed by atoms with E-state index in [0.29, 0.717) is 12.1 Å².